The molecule has 0 bridgehead atoms. The second-order valence-electron chi connectivity index (χ2n) is 5.12. The van der Waals surface area contributed by atoms with Crippen molar-refractivity contribution in [1.82, 2.24) is 0 Å². The monoisotopic (exact) mass is 330 g/mol. The van der Waals surface area contributed by atoms with Crippen LogP contribution in [0.1, 0.15) is 27.9 Å². The number of phenols is 1. The van der Waals surface area contributed by atoms with Crippen LogP contribution in [0.15, 0.2) is 42.5 Å². The number of carboxylic acids is 1. The zero-order valence-corrected chi connectivity index (χ0v) is 13.2. The van der Waals surface area contributed by atoms with Gasteiger partial charge in [0.1, 0.15) is 18.1 Å². The van der Waals surface area contributed by atoms with E-state index in [0.717, 1.165) is 5.56 Å². The van der Waals surface area contributed by atoms with Gasteiger partial charge in [0.25, 0.3) is 0 Å². The first-order chi connectivity index (χ1) is 11.5. The Morgan fingerprint density at radius 2 is 1.79 bits per heavy atom. The van der Waals surface area contributed by atoms with Crippen LogP contribution in [0.5, 0.6) is 11.5 Å². The molecule has 0 unspecified atom stereocenters. The highest BCUT2D eigenvalue weighted by molar-refractivity contribution is 5.89. The standard InChI is InChI=1S/C18H18O6/c1-23-18(22)13-7-5-12(6-8-13)11-24-16-4-2-3-15(19)14(16)9-10-17(20)21/h2-8,19H,9-11H2,1H3,(H,20,21). The molecule has 126 valence electrons. The van der Waals surface area contributed by atoms with E-state index in [1.807, 2.05) is 0 Å². The number of hydrogen-bond donors (Lipinski definition) is 2. The van der Waals surface area contributed by atoms with Crippen molar-refractivity contribution in [2.24, 2.45) is 0 Å². The molecule has 0 amide bonds. The maximum absolute atomic E-state index is 11.4. The number of benzene rings is 2. The van der Waals surface area contributed by atoms with Crippen LogP contribution < -0.4 is 4.74 Å². The summed E-state index contributed by atoms with van der Waals surface area (Å²) in [5.74, 6) is -0.905. The number of hydrogen-bond acceptors (Lipinski definition) is 5. The van der Waals surface area contributed by atoms with Crippen molar-refractivity contribution in [2.75, 3.05) is 7.11 Å². The van der Waals surface area contributed by atoms with Gasteiger partial charge in [0.05, 0.1) is 12.7 Å². The molecule has 0 aliphatic heterocycles. The zero-order valence-electron chi connectivity index (χ0n) is 13.2. The van der Waals surface area contributed by atoms with Gasteiger partial charge in [-0.25, -0.2) is 4.79 Å². The van der Waals surface area contributed by atoms with E-state index < -0.39 is 11.9 Å². The van der Waals surface area contributed by atoms with E-state index in [1.165, 1.54) is 13.2 Å². The van der Waals surface area contributed by atoms with E-state index in [4.69, 9.17) is 9.84 Å². The van der Waals surface area contributed by atoms with E-state index in [9.17, 15) is 14.7 Å². The van der Waals surface area contributed by atoms with E-state index in [0.29, 0.717) is 16.9 Å². The van der Waals surface area contributed by atoms with E-state index in [-0.39, 0.29) is 25.2 Å². The van der Waals surface area contributed by atoms with Gasteiger partial charge in [-0.05, 0) is 36.2 Å². The normalized spacial score (nSPS) is 10.2. The highest BCUT2D eigenvalue weighted by Gasteiger charge is 2.11. The molecule has 0 aliphatic rings. The van der Waals surface area contributed by atoms with Crippen LogP contribution in [0.3, 0.4) is 0 Å². The SMILES string of the molecule is COC(=O)c1ccc(COc2cccc(O)c2CCC(=O)O)cc1. The lowest BCUT2D eigenvalue weighted by molar-refractivity contribution is -0.136. The number of rotatable bonds is 7. The van der Waals surface area contributed by atoms with Crippen LogP contribution in [0.2, 0.25) is 0 Å². The van der Waals surface area contributed by atoms with Gasteiger partial charge in [0.15, 0.2) is 0 Å². The molecule has 6 nitrogen and oxygen atoms in total. The van der Waals surface area contributed by atoms with Crippen LogP contribution in [0, 0.1) is 0 Å². The predicted molar refractivity (Wildman–Crippen MR) is 86.2 cm³/mol. The molecule has 2 rings (SSSR count). The molecule has 6 heteroatoms. The Labute approximate surface area is 139 Å². The van der Waals surface area contributed by atoms with Gasteiger partial charge in [0.2, 0.25) is 0 Å². The summed E-state index contributed by atoms with van der Waals surface area (Å²) in [5, 5.41) is 18.7. The van der Waals surface area contributed by atoms with Crippen molar-refractivity contribution in [1.29, 1.82) is 0 Å². The fourth-order valence-corrected chi connectivity index (χ4v) is 2.19. The quantitative estimate of drug-likeness (QED) is 0.758. The molecule has 0 aliphatic carbocycles. The van der Waals surface area contributed by atoms with Crippen LogP contribution in [0.25, 0.3) is 0 Å². The Kier molecular flexibility index (Phi) is 5.78. The molecule has 0 radical (unpaired) electrons. The summed E-state index contributed by atoms with van der Waals surface area (Å²) in [4.78, 5) is 22.1. The van der Waals surface area contributed by atoms with Crippen molar-refractivity contribution < 1.29 is 29.3 Å². The van der Waals surface area contributed by atoms with Gasteiger partial charge in [-0.15, -0.1) is 0 Å². The Balaban J connectivity index is 2.07. The molecule has 0 atom stereocenters. The second kappa shape index (κ2) is 8.01. The molecule has 2 N–H and O–H groups in total. The highest BCUT2D eigenvalue weighted by atomic mass is 16.5. The molecular weight excluding hydrogens is 312 g/mol. The van der Waals surface area contributed by atoms with Crippen LogP contribution >= 0.6 is 0 Å². The van der Waals surface area contributed by atoms with Crippen molar-refractivity contribution in [3.63, 3.8) is 0 Å². The van der Waals surface area contributed by atoms with Crippen molar-refractivity contribution in [3.8, 4) is 11.5 Å². The summed E-state index contributed by atoms with van der Waals surface area (Å²) < 4.78 is 10.3. The fourth-order valence-electron chi connectivity index (χ4n) is 2.19. The number of aromatic hydroxyl groups is 1. The minimum atomic E-state index is -0.942. The van der Waals surface area contributed by atoms with Crippen molar-refractivity contribution >= 4 is 11.9 Å². The predicted octanol–water partition coefficient (Wildman–Crippen LogP) is 2.78. The Hall–Kier alpha value is -3.02. The summed E-state index contributed by atoms with van der Waals surface area (Å²) in [5.41, 5.74) is 1.74. The summed E-state index contributed by atoms with van der Waals surface area (Å²) in [7, 11) is 1.32. The van der Waals surface area contributed by atoms with Crippen LogP contribution in [0.4, 0.5) is 0 Å². The Morgan fingerprint density at radius 3 is 2.42 bits per heavy atom. The first-order valence-electron chi connectivity index (χ1n) is 7.34. The topological polar surface area (TPSA) is 93.1 Å². The lowest BCUT2D eigenvalue weighted by Crippen LogP contribution is -2.03. The maximum atomic E-state index is 11.4. The average Bonchev–Trinajstić information content (AvgIpc) is 2.58. The Bertz CT molecular complexity index is 721. The number of aliphatic carboxylic acids is 1. The smallest absolute Gasteiger partial charge is 0.337 e. The molecule has 0 spiro atoms. The largest absolute Gasteiger partial charge is 0.508 e. The van der Waals surface area contributed by atoms with E-state index in [2.05, 4.69) is 4.74 Å². The summed E-state index contributed by atoms with van der Waals surface area (Å²) in [6, 6.07) is 11.6. The fraction of sp³-hybridized carbons (Fsp3) is 0.222. The van der Waals surface area contributed by atoms with Crippen LogP contribution in [-0.4, -0.2) is 29.3 Å². The van der Waals surface area contributed by atoms with E-state index in [1.54, 1.807) is 36.4 Å². The minimum Gasteiger partial charge on any atom is -0.508 e. The van der Waals surface area contributed by atoms with Gasteiger partial charge in [-0.3, -0.25) is 4.79 Å². The first-order valence-corrected chi connectivity index (χ1v) is 7.34. The molecule has 2 aromatic carbocycles. The molecular formula is C18H18O6. The molecule has 2 aromatic rings. The van der Waals surface area contributed by atoms with Gasteiger partial charge in [-0.1, -0.05) is 18.2 Å². The number of phenolic OH excluding ortho intramolecular Hbond substituents is 1. The number of carboxylic acid groups (broad SMARTS) is 1. The molecule has 0 heterocycles. The molecule has 0 aromatic heterocycles. The third kappa shape index (κ3) is 4.49. The maximum Gasteiger partial charge on any atom is 0.337 e. The number of carbonyl (C=O) groups is 2. The molecule has 0 saturated heterocycles. The van der Waals surface area contributed by atoms with Crippen molar-refractivity contribution in [2.45, 2.75) is 19.4 Å². The number of ether oxygens (including phenoxy) is 2. The van der Waals surface area contributed by atoms with E-state index >= 15 is 0 Å². The summed E-state index contributed by atoms with van der Waals surface area (Å²) in [6.45, 7) is 0.227. The third-order valence-electron chi connectivity index (χ3n) is 3.47. The molecule has 0 fully saturated rings. The molecule has 0 saturated carbocycles. The third-order valence-corrected chi connectivity index (χ3v) is 3.47. The van der Waals surface area contributed by atoms with Crippen molar-refractivity contribution in [3.05, 3.63) is 59.2 Å². The lowest BCUT2D eigenvalue weighted by atomic mass is 10.1. The van der Waals surface area contributed by atoms with Gasteiger partial charge in [0, 0.05) is 12.0 Å². The van der Waals surface area contributed by atoms with Gasteiger partial charge < -0.3 is 19.7 Å². The highest BCUT2D eigenvalue weighted by Crippen LogP contribution is 2.29. The number of esters is 1. The van der Waals surface area contributed by atoms with Crippen LogP contribution in [-0.2, 0) is 22.6 Å². The lowest BCUT2D eigenvalue weighted by Gasteiger charge is -2.12. The number of carbonyl (C=O) groups excluding carboxylic acids is 1. The first kappa shape index (κ1) is 17.3. The van der Waals surface area contributed by atoms with Gasteiger partial charge in [-0.2, -0.15) is 0 Å². The molecule has 24 heavy (non-hydrogen) atoms. The minimum absolute atomic E-state index is 0.00906. The second-order valence-corrected chi connectivity index (χ2v) is 5.12. The summed E-state index contributed by atoms with van der Waals surface area (Å²) in [6.07, 6.45) is 0.0837. The zero-order chi connectivity index (χ0) is 17.5. The Morgan fingerprint density at radius 1 is 1.08 bits per heavy atom. The summed E-state index contributed by atoms with van der Waals surface area (Å²) >= 11 is 0. The number of methoxy groups -OCH3 is 1. The van der Waals surface area contributed by atoms with Gasteiger partial charge >= 0.3 is 11.9 Å². The average molecular weight is 330 g/mol.